The quantitative estimate of drug-likeness (QED) is 0.484. The lowest BCUT2D eigenvalue weighted by Crippen LogP contribution is -2.13. The lowest BCUT2D eigenvalue weighted by molar-refractivity contribution is -0.137. The molecule has 0 fully saturated rings. The van der Waals surface area contributed by atoms with E-state index in [9.17, 15) is 22.8 Å². The fourth-order valence-electron chi connectivity index (χ4n) is 1.35. The van der Waals surface area contributed by atoms with Gasteiger partial charge >= 0.3 is 6.18 Å². The van der Waals surface area contributed by atoms with E-state index in [1.54, 1.807) is 0 Å². The molecule has 0 N–H and O–H groups in total. The summed E-state index contributed by atoms with van der Waals surface area (Å²) in [6, 6.07) is 2.90. The average molecular weight is 276 g/mol. The second-order valence-electron chi connectivity index (χ2n) is 3.27. The third-order valence-electron chi connectivity index (χ3n) is 2.17. The Kier molecular flexibility index (Phi) is 4.09. The number of rotatable bonds is 3. The molecule has 0 aliphatic heterocycles. The maximum absolute atomic E-state index is 12.7. The fraction of sp³-hybridized carbons (Fsp3) is 0.182. The molecule has 18 heavy (non-hydrogen) atoms. The zero-order valence-electron chi connectivity index (χ0n) is 8.71. The lowest BCUT2D eigenvalue weighted by atomic mass is 9.97. The molecule has 0 aromatic heterocycles. The molecule has 0 saturated carbocycles. The van der Waals surface area contributed by atoms with Crippen LogP contribution in [0.5, 0.6) is 0 Å². The van der Waals surface area contributed by atoms with Crippen LogP contribution in [0.25, 0.3) is 0 Å². The molecule has 0 radical (unpaired) electrons. The first kappa shape index (κ1) is 14.2. The van der Waals surface area contributed by atoms with Crippen LogP contribution in [0.15, 0.2) is 12.1 Å². The number of benzene rings is 1. The van der Waals surface area contributed by atoms with Crippen LogP contribution in [0.4, 0.5) is 13.2 Å². The predicted molar refractivity (Wildman–Crippen MR) is 56.6 cm³/mol. The maximum Gasteiger partial charge on any atom is 0.417 e. The molecule has 0 spiro atoms. The van der Waals surface area contributed by atoms with Crippen LogP contribution in [0, 0.1) is 11.3 Å². The van der Waals surface area contributed by atoms with Crippen molar-refractivity contribution in [1.29, 1.82) is 5.26 Å². The lowest BCUT2D eigenvalue weighted by Gasteiger charge is -2.12. The van der Waals surface area contributed by atoms with E-state index in [1.165, 1.54) is 6.07 Å². The zero-order chi connectivity index (χ0) is 13.9. The molecule has 0 aliphatic carbocycles. The van der Waals surface area contributed by atoms with Gasteiger partial charge in [-0.25, -0.2) is 0 Å². The summed E-state index contributed by atoms with van der Waals surface area (Å²) in [4.78, 5) is 21.9. The number of nitrogens with zero attached hydrogens (tertiary/aromatic N) is 1. The number of hydrogen-bond donors (Lipinski definition) is 0. The van der Waals surface area contributed by atoms with Crippen molar-refractivity contribution >= 4 is 23.7 Å². The van der Waals surface area contributed by atoms with Crippen LogP contribution in [-0.2, 0) is 6.18 Å². The zero-order valence-corrected chi connectivity index (χ0v) is 9.47. The molecule has 1 rings (SSSR count). The number of Topliss-reactive ketones (excluding diaryl/α,β-unsaturated/α-hetero) is 1. The highest BCUT2D eigenvalue weighted by molar-refractivity contribution is 6.30. The van der Waals surface area contributed by atoms with Gasteiger partial charge in [-0.2, -0.15) is 18.4 Å². The Labute approximate surface area is 105 Å². The summed E-state index contributed by atoms with van der Waals surface area (Å²) in [7, 11) is 0. The van der Waals surface area contributed by atoms with E-state index in [0.29, 0.717) is 6.07 Å². The van der Waals surface area contributed by atoms with Crippen molar-refractivity contribution in [2.45, 2.75) is 6.18 Å². The molecule has 0 unspecified atom stereocenters. The number of carbonyl (C=O) groups excluding carboxylic acids is 2. The predicted octanol–water partition coefficient (Wildman–Crippen LogP) is 2.81. The number of hydrogen-bond acceptors (Lipinski definition) is 3. The molecule has 1 aromatic rings. The van der Waals surface area contributed by atoms with Crippen molar-refractivity contribution in [3.8, 4) is 6.07 Å². The van der Waals surface area contributed by atoms with Gasteiger partial charge in [0.25, 0.3) is 0 Å². The largest absolute Gasteiger partial charge is 0.417 e. The van der Waals surface area contributed by atoms with Crippen LogP contribution in [-0.4, -0.2) is 17.9 Å². The van der Waals surface area contributed by atoms with Gasteiger partial charge in [-0.1, -0.05) is 0 Å². The fourth-order valence-corrected chi connectivity index (χ4v) is 1.50. The SMILES string of the molecule is N#Cc1cc(C(=O)CCl)cc(C(F)(F)F)c1C=O. The average Bonchev–Trinajstić information content (AvgIpc) is 2.34. The molecule has 0 saturated heterocycles. The Bertz CT molecular complexity index is 546. The van der Waals surface area contributed by atoms with E-state index in [-0.39, 0.29) is 11.8 Å². The number of nitriles is 1. The molecule has 0 amide bonds. The van der Waals surface area contributed by atoms with E-state index in [2.05, 4.69) is 0 Å². The Balaban J connectivity index is 3.62. The number of ketones is 1. The molecule has 1 aromatic carbocycles. The van der Waals surface area contributed by atoms with Crippen molar-refractivity contribution in [1.82, 2.24) is 0 Å². The normalized spacial score (nSPS) is 10.8. The summed E-state index contributed by atoms with van der Waals surface area (Å²) in [5, 5.41) is 8.70. The van der Waals surface area contributed by atoms with Crippen LogP contribution in [0.3, 0.4) is 0 Å². The number of alkyl halides is 4. The van der Waals surface area contributed by atoms with Crippen molar-refractivity contribution in [2.75, 3.05) is 5.88 Å². The highest BCUT2D eigenvalue weighted by Crippen LogP contribution is 2.33. The molecule has 7 heteroatoms. The van der Waals surface area contributed by atoms with Gasteiger partial charge in [-0.3, -0.25) is 9.59 Å². The summed E-state index contributed by atoms with van der Waals surface area (Å²) < 4.78 is 38.1. The van der Waals surface area contributed by atoms with Crippen LogP contribution in [0.2, 0.25) is 0 Å². The second kappa shape index (κ2) is 5.19. The molecule has 0 atom stereocenters. The second-order valence-corrected chi connectivity index (χ2v) is 3.54. The first-order valence-corrected chi connectivity index (χ1v) is 5.08. The highest BCUT2D eigenvalue weighted by Gasteiger charge is 2.35. The van der Waals surface area contributed by atoms with Gasteiger partial charge in [0, 0.05) is 11.1 Å². The molecular formula is C11H5ClF3NO2. The van der Waals surface area contributed by atoms with Gasteiger partial charge < -0.3 is 0 Å². The summed E-state index contributed by atoms with van der Waals surface area (Å²) in [6.07, 6.45) is -4.89. The summed E-state index contributed by atoms with van der Waals surface area (Å²) in [5.74, 6) is -1.26. The minimum absolute atomic E-state index is 0.0592. The third-order valence-corrected chi connectivity index (χ3v) is 2.41. The van der Waals surface area contributed by atoms with Crippen molar-refractivity contribution < 1.29 is 22.8 Å². The Morgan fingerprint density at radius 1 is 1.44 bits per heavy atom. The van der Waals surface area contributed by atoms with Gasteiger partial charge in [0.15, 0.2) is 12.1 Å². The Morgan fingerprint density at radius 3 is 2.44 bits per heavy atom. The molecular weight excluding hydrogens is 271 g/mol. The highest BCUT2D eigenvalue weighted by atomic mass is 35.5. The topological polar surface area (TPSA) is 57.9 Å². The van der Waals surface area contributed by atoms with Crippen molar-refractivity contribution in [2.24, 2.45) is 0 Å². The molecule has 3 nitrogen and oxygen atoms in total. The van der Waals surface area contributed by atoms with E-state index >= 15 is 0 Å². The van der Waals surface area contributed by atoms with Gasteiger partial charge in [0.05, 0.1) is 23.1 Å². The number of aldehydes is 1. The monoisotopic (exact) mass is 275 g/mol. The van der Waals surface area contributed by atoms with Gasteiger partial charge in [0.2, 0.25) is 0 Å². The van der Waals surface area contributed by atoms with E-state index in [1.807, 2.05) is 0 Å². The van der Waals surface area contributed by atoms with Gasteiger partial charge in [0.1, 0.15) is 0 Å². The molecule has 0 heterocycles. The van der Waals surface area contributed by atoms with Crippen molar-refractivity contribution in [3.05, 3.63) is 34.4 Å². The Hall–Kier alpha value is -1.87. The van der Waals surface area contributed by atoms with E-state index < -0.39 is 34.5 Å². The summed E-state index contributed by atoms with van der Waals surface area (Å²) in [6.45, 7) is 0. The van der Waals surface area contributed by atoms with Crippen LogP contribution < -0.4 is 0 Å². The van der Waals surface area contributed by atoms with Crippen molar-refractivity contribution in [3.63, 3.8) is 0 Å². The minimum atomic E-state index is -4.83. The third kappa shape index (κ3) is 2.68. The minimum Gasteiger partial charge on any atom is -0.298 e. The summed E-state index contributed by atoms with van der Waals surface area (Å²) >= 11 is 5.24. The Morgan fingerprint density at radius 2 is 2.06 bits per heavy atom. The molecule has 0 bridgehead atoms. The van der Waals surface area contributed by atoms with Crippen LogP contribution in [0.1, 0.15) is 31.8 Å². The van der Waals surface area contributed by atoms with E-state index in [0.717, 1.165) is 6.07 Å². The standard InChI is InChI=1S/C11H5ClF3NO2/c12-3-10(18)6-1-7(4-16)8(5-17)9(2-6)11(13,14)15/h1-2,5H,3H2. The smallest absolute Gasteiger partial charge is 0.298 e. The van der Waals surface area contributed by atoms with E-state index in [4.69, 9.17) is 16.9 Å². The first-order chi connectivity index (χ1) is 8.35. The van der Waals surface area contributed by atoms with Gasteiger partial charge in [-0.05, 0) is 12.1 Å². The number of halogens is 4. The first-order valence-electron chi connectivity index (χ1n) is 4.54. The molecule has 94 valence electrons. The van der Waals surface area contributed by atoms with Gasteiger partial charge in [-0.15, -0.1) is 11.6 Å². The van der Waals surface area contributed by atoms with Crippen LogP contribution >= 0.6 is 11.6 Å². The summed E-state index contributed by atoms with van der Waals surface area (Å²) in [5.41, 5.74) is -2.95. The molecule has 0 aliphatic rings. The number of carbonyl (C=O) groups is 2. The maximum atomic E-state index is 12.7.